The van der Waals surface area contributed by atoms with Crippen LogP contribution in [0.3, 0.4) is 0 Å². The van der Waals surface area contributed by atoms with E-state index in [1.54, 1.807) is 0 Å². The highest BCUT2D eigenvalue weighted by Crippen LogP contribution is 2.44. The van der Waals surface area contributed by atoms with Crippen LogP contribution < -0.4 is 11.1 Å². The minimum absolute atomic E-state index is 0.0994. The summed E-state index contributed by atoms with van der Waals surface area (Å²) in [7, 11) is 1.51. The lowest BCUT2D eigenvalue weighted by atomic mass is 9.92. The number of nitrogens with one attached hydrogen (secondary N) is 1. The molecule has 4 unspecified atom stereocenters. The molecule has 0 bridgehead atoms. The summed E-state index contributed by atoms with van der Waals surface area (Å²) in [6.07, 6.45) is 0.0994. The van der Waals surface area contributed by atoms with Gasteiger partial charge in [-0.1, -0.05) is 0 Å². The number of ether oxygens (including phenoxy) is 1. The molecular weight excluding hydrogens is 348 g/mol. The fourth-order valence-electron chi connectivity index (χ4n) is 3.50. The standard InChI is InChI=1S/C17H21F2N3O4/c1-17(16(20)24)6-13(9-3-10(18)5-11(19)4-9)22(26-17)14-8-25-7-12(14)15(23)21-2/h3-5,12-14H,6-8H2,1-2H3,(H2,20,24)(H,21,23). The van der Waals surface area contributed by atoms with Gasteiger partial charge in [0, 0.05) is 19.5 Å². The molecule has 9 heteroatoms. The van der Waals surface area contributed by atoms with Crippen LogP contribution in [0.2, 0.25) is 0 Å². The number of hydrogen-bond donors (Lipinski definition) is 2. The number of hydrogen-bond acceptors (Lipinski definition) is 5. The van der Waals surface area contributed by atoms with E-state index in [1.165, 1.54) is 31.2 Å². The number of carbonyl (C=O) groups is 2. The number of nitrogens with zero attached hydrogens (tertiary/aromatic N) is 1. The summed E-state index contributed by atoms with van der Waals surface area (Å²) >= 11 is 0. The first-order valence-electron chi connectivity index (χ1n) is 8.28. The molecule has 2 saturated heterocycles. The molecule has 0 saturated carbocycles. The van der Waals surface area contributed by atoms with Gasteiger partial charge in [-0.15, -0.1) is 0 Å². The maximum Gasteiger partial charge on any atom is 0.251 e. The van der Waals surface area contributed by atoms with E-state index in [4.69, 9.17) is 15.3 Å². The molecule has 3 N–H and O–H groups in total. The quantitative estimate of drug-likeness (QED) is 0.813. The predicted octanol–water partition coefficient (Wildman–Crippen LogP) is 0.648. The molecule has 2 fully saturated rings. The fraction of sp³-hybridized carbons (Fsp3) is 0.529. The zero-order chi connectivity index (χ0) is 19.1. The van der Waals surface area contributed by atoms with Crippen molar-refractivity contribution >= 4 is 11.8 Å². The summed E-state index contributed by atoms with van der Waals surface area (Å²) in [6, 6.07) is 1.95. The van der Waals surface area contributed by atoms with Crippen molar-refractivity contribution < 1.29 is 27.9 Å². The van der Waals surface area contributed by atoms with E-state index in [9.17, 15) is 18.4 Å². The Labute approximate surface area is 149 Å². The van der Waals surface area contributed by atoms with Gasteiger partial charge in [0.2, 0.25) is 5.91 Å². The van der Waals surface area contributed by atoms with Crippen molar-refractivity contribution in [1.29, 1.82) is 0 Å². The Hall–Kier alpha value is -2.10. The maximum absolute atomic E-state index is 13.7. The van der Waals surface area contributed by atoms with Crippen molar-refractivity contribution in [2.45, 2.75) is 31.0 Å². The van der Waals surface area contributed by atoms with E-state index in [1.807, 2.05) is 0 Å². The molecule has 2 aliphatic heterocycles. The number of nitrogens with two attached hydrogens (primary N) is 1. The van der Waals surface area contributed by atoms with Crippen molar-refractivity contribution in [1.82, 2.24) is 10.4 Å². The van der Waals surface area contributed by atoms with Gasteiger partial charge < -0.3 is 15.8 Å². The van der Waals surface area contributed by atoms with Gasteiger partial charge in [-0.3, -0.25) is 14.4 Å². The third-order valence-corrected chi connectivity index (χ3v) is 4.95. The molecule has 1 aromatic carbocycles. The van der Waals surface area contributed by atoms with Crippen LogP contribution in [-0.4, -0.2) is 48.8 Å². The van der Waals surface area contributed by atoms with Crippen molar-refractivity contribution in [2.75, 3.05) is 20.3 Å². The summed E-state index contributed by atoms with van der Waals surface area (Å²) < 4.78 is 32.9. The number of benzene rings is 1. The van der Waals surface area contributed by atoms with E-state index < -0.39 is 41.1 Å². The first-order valence-corrected chi connectivity index (χ1v) is 8.28. The molecule has 2 heterocycles. The van der Waals surface area contributed by atoms with E-state index in [2.05, 4.69) is 5.32 Å². The Kier molecular flexibility index (Phi) is 4.96. The van der Waals surface area contributed by atoms with Gasteiger partial charge in [0.25, 0.3) is 5.91 Å². The van der Waals surface area contributed by atoms with Gasteiger partial charge in [0.1, 0.15) is 11.6 Å². The van der Waals surface area contributed by atoms with Crippen LogP contribution in [0.25, 0.3) is 0 Å². The van der Waals surface area contributed by atoms with Crippen LogP contribution >= 0.6 is 0 Å². The lowest BCUT2D eigenvalue weighted by Crippen LogP contribution is -2.47. The SMILES string of the molecule is CNC(=O)C1COCC1N1OC(C)(C(N)=O)CC1c1cc(F)cc(F)c1. The van der Waals surface area contributed by atoms with E-state index >= 15 is 0 Å². The third kappa shape index (κ3) is 3.29. The van der Waals surface area contributed by atoms with Gasteiger partial charge in [-0.2, -0.15) is 5.06 Å². The Bertz CT molecular complexity index is 712. The monoisotopic (exact) mass is 369 g/mol. The number of rotatable bonds is 4. The molecule has 0 aliphatic carbocycles. The van der Waals surface area contributed by atoms with Crippen LogP contribution in [0.15, 0.2) is 18.2 Å². The van der Waals surface area contributed by atoms with Crippen molar-refractivity contribution in [2.24, 2.45) is 11.7 Å². The van der Waals surface area contributed by atoms with Crippen molar-refractivity contribution in [3.05, 3.63) is 35.4 Å². The van der Waals surface area contributed by atoms with Crippen molar-refractivity contribution in [3.8, 4) is 0 Å². The fourth-order valence-corrected chi connectivity index (χ4v) is 3.50. The zero-order valence-corrected chi connectivity index (χ0v) is 14.5. The summed E-state index contributed by atoms with van der Waals surface area (Å²) in [6.45, 7) is 1.88. The van der Waals surface area contributed by atoms with Gasteiger partial charge in [-0.05, 0) is 24.6 Å². The van der Waals surface area contributed by atoms with Crippen LogP contribution in [-0.2, 0) is 19.2 Å². The molecule has 0 spiro atoms. The van der Waals surface area contributed by atoms with Crippen LogP contribution in [0.4, 0.5) is 8.78 Å². The molecule has 1 aromatic rings. The Morgan fingerprint density at radius 1 is 1.27 bits per heavy atom. The molecular formula is C17H21F2N3O4. The van der Waals surface area contributed by atoms with E-state index in [-0.39, 0.29) is 25.5 Å². The number of halogens is 2. The molecule has 142 valence electrons. The molecule has 2 aliphatic rings. The number of amides is 2. The average Bonchev–Trinajstić information content (AvgIpc) is 3.18. The second-order valence-corrected chi connectivity index (χ2v) is 6.79. The Balaban J connectivity index is 1.99. The summed E-state index contributed by atoms with van der Waals surface area (Å²) in [4.78, 5) is 29.8. The van der Waals surface area contributed by atoms with Gasteiger partial charge in [0.15, 0.2) is 5.60 Å². The van der Waals surface area contributed by atoms with Crippen LogP contribution in [0, 0.1) is 17.6 Å². The smallest absolute Gasteiger partial charge is 0.251 e. The first kappa shape index (κ1) is 18.7. The summed E-state index contributed by atoms with van der Waals surface area (Å²) in [5.74, 6) is -2.96. The predicted molar refractivity (Wildman–Crippen MR) is 86.4 cm³/mol. The Morgan fingerprint density at radius 2 is 1.92 bits per heavy atom. The number of primary amides is 1. The number of carbonyl (C=O) groups excluding carboxylic acids is 2. The molecule has 2 amide bonds. The van der Waals surface area contributed by atoms with Crippen LogP contribution in [0.5, 0.6) is 0 Å². The molecule has 0 radical (unpaired) electrons. The molecule has 0 aromatic heterocycles. The summed E-state index contributed by atoms with van der Waals surface area (Å²) in [5.41, 5.74) is 4.41. The molecule has 7 nitrogen and oxygen atoms in total. The van der Waals surface area contributed by atoms with Crippen molar-refractivity contribution in [3.63, 3.8) is 0 Å². The van der Waals surface area contributed by atoms with Gasteiger partial charge in [0.05, 0.1) is 31.2 Å². The minimum atomic E-state index is -1.36. The Morgan fingerprint density at radius 3 is 2.50 bits per heavy atom. The maximum atomic E-state index is 13.7. The second-order valence-electron chi connectivity index (χ2n) is 6.79. The highest BCUT2D eigenvalue weighted by atomic mass is 19.1. The molecule has 3 rings (SSSR count). The van der Waals surface area contributed by atoms with Gasteiger partial charge in [-0.25, -0.2) is 8.78 Å². The molecule has 4 atom stereocenters. The highest BCUT2D eigenvalue weighted by Gasteiger charge is 2.52. The normalized spacial score (nSPS) is 31.9. The first-order chi connectivity index (χ1) is 12.2. The molecule has 26 heavy (non-hydrogen) atoms. The van der Waals surface area contributed by atoms with Crippen LogP contribution in [0.1, 0.15) is 24.9 Å². The minimum Gasteiger partial charge on any atom is -0.379 e. The van der Waals surface area contributed by atoms with E-state index in [0.29, 0.717) is 5.56 Å². The topological polar surface area (TPSA) is 93.9 Å². The van der Waals surface area contributed by atoms with E-state index in [0.717, 1.165) is 6.07 Å². The third-order valence-electron chi connectivity index (χ3n) is 4.95. The second kappa shape index (κ2) is 6.90. The largest absolute Gasteiger partial charge is 0.379 e. The zero-order valence-electron chi connectivity index (χ0n) is 14.5. The average molecular weight is 369 g/mol. The summed E-state index contributed by atoms with van der Waals surface area (Å²) in [5, 5.41) is 4.00. The lowest BCUT2D eigenvalue weighted by molar-refractivity contribution is -0.224. The lowest BCUT2D eigenvalue weighted by Gasteiger charge is -2.31. The van der Waals surface area contributed by atoms with Gasteiger partial charge >= 0.3 is 0 Å². The number of hydroxylamine groups is 2. The highest BCUT2D eigenvalue weighted by molar-refractivity contribution is 5.83.